The largest absolute Gasteiger partial charge is 0.341 e. The molecule has 1 fully saturated rings. The number of carbonyl (C=O) groups is 1. The van der Waals surface area contributed by atoms with Crippen LogP contribution >= 0.6 is 0 Å². The predicted octanol–water partition coefficient (Wildman–Crippen LogP) is 4.11. The molecule has 1 saturated heterocycles. The summed E-state index contributed by atoms with van der Waals surface area (Å²) in [5, 5.41) is 0. The van der Waals surface area contributed by atoms with Crippen molar-refractivity contribution in [3.63, 3.8) is 0 Å². The van der Waals surface area contributed by atoms with Gasteiger partial charge < -0.3 is 9.80 Å². The molecule has 0 aliphatic carbocycles. The first-order valence-corrected chi connectivity index (χ1v) is 8.77. The molecule has 1 atom stereocenters. The standard InChI is InChI=1S/C20H25N3O/c1-3-23(17-9-5-4-6-10-17)18-11-12-19(21-14-18)20(24)22-13-7-8-16(2)15-22/h4-6,9-12,14,16H,3,7-8,13,15H2,1-2H3. The van der Waals surface area contributed by atoms with Crippen molar-refractivity contribution >= 4 is 17.3 Å². The molecule has 1 amide bonds. The molecule has 1 aromatic heterocycles. The predicted molar refractivity (Wildman–Crippen MR) is 97.7 cm³/mol. The SMILES string of the molecule is CCN(c1ccccc1)c1ccc(C(=O)N2CCCC(C)C2)nc1. The van der Waals surface area contributed by atoms with Crippen LogP contribution in [0, 0.1) is 5.92 Å². The summed E-state index contributed by atoms with van der Waals surface area (Å²) in [7, 11) is 0. The van der Waals surface area contributed by atoms with Crippen LogP contribution in [0.2, 0.25) is 0 Å². The van der Waals surface area contributed by atoms with Crippen molar-refractivity contribution in [2.75, 3.05) is 24.5 Å². The van der Waals surface area contributed by atoms with Gasteiger partial charge in [0.25, 0.3) is 5.91 Å². The van der Waals surface area contributed by atoms with Crippen LogP contribution in [0.5, 0.6) is 0 Å². The summed E-state index contributed by atoms with van der Waals surface area (Å²) >= 11 is 0. The highest BCUT2D eigenvalue weighted by molar-refractivity contribution is 5.92. The number of piperidine rings is 1. The number of benzene rings is 1. The fourth-order valence-electron chi connectivity index (χ4n) is 3.33. The van der Waals surface area contributed by atoms with E-state index in [0.717, 1.165) is 37.4 Å². The van der Waals surface area contributed by atoms with Crippen LogP contribution in [-0.2, 0) is 0 Å². The number of pyridine rings is 1. The van der Waals surface area contributed by atoms with Crippen LogP contribution in [-0.4, -0.2) is 35.4 Å². The molecule has 2 heterocycles. The Morgan fingerprint density at radius 1 is 1.21 bits per heavy atom. The minimum atomic E-state index is 0.0517. The third-order valence-electron chi connectivity index (χ3n) is 4.61. The van der Waals surface area contributed by atoms with Gasteiger partial charge in [-0.2, -0.15) is 0 Å². The van der Waals surface area contributed by atoms with E-state index in [1.165, 1.54) is 6.42 Å². The molecule has 1 aliphatic rings. The lowest BCUT2D eigenvalue weighted by Gasteiger charge is -2.30. The molecular weight excluding hydrogens is 298 g/mol. The van der Waals surface area contributed by atoms with E-state index in [1.807, 2.05) is 35.2 Å². The number of hydrogen-bond acceptors (Lipinski definition) is 3. The lowest BCUT2D eigenvalue weighted by atomic mass is 10.00. The summed E-state index contributed by atoms with van der Waals surface area (Å²) in [6.07, 6.45) is 4.10. The van der Waals surface area contributed by atoms with E-state index in [2.05, 4.69) is 35.9 Å². The molecule has 2 aromatic rings. The highest BCUT2D eigenvalue weighted by Crippen LogP contribution is 2.24. The van der Waals surface area contributed by atoms with E-state index in [0.29, 0.717) is 11.6 Å². The Hall–Kier alpha value is -2.36. The van der Waals surface area contributed by atoms with Gasteiger partial charge in [0.15, 0.2) is 0 Å². The number of para-hydroxylation sites is 1. The summed E-state index contributed by atoms with van der Waals surface area (Å²) in [5.74, 6) is 0.631. The number of hydrogen-bond donors (Lipinski definition) is 0. The van der Waals surface area contributed by atoms with E-state index >= 15 is 0 Å². The summed E-state index contributed by atoms with van der Waals surface area (Å²) in [6.45, 7) is 6.85. The van der Waals surface area contributed by atoms with Gasteiger partial charge in [0.05, 0.1) is 11.9 Å². The maximum absolute atomic E-state index is 12.6. The average molecular weight is 323 g/mol. The van der Waals surface area contributed by atoms with E-state index < -0.39 is 0 Å². The number of aromatic nitrogens is 1. The fraction of sp³-hybridized carbons (Fsp3) is 0.400. The van der Waals surface area contributed by atoms with Crippen molar-refractivity contribution in [3.8, 4) is 0 Å². The number of anilines is 2. The number of amides is 1. The molecule has 24 heavy (non-hydrogen) atoms. The van der Waals surface area contributed by atoms with Gasteiger partial charge in [0.2, 0.25) is 0 Å². The zero-order chi connectivity index (χ0) is 16.9. The number of nitrogens with zero attached hydrogens (tertiary/aromatic N) is 3. The van der Waals surface area contributed by atoms with Crippen LogP contribution in [0.15, 0.2) is 48.7 Å². The van der Waals surface area contributed by atoms with Crippen LogP contribution in [0.1, 0.15) is 37.2 Å². The van der Waals surface area contributed by atoms with Crippen LogP contribution in [0.3, 0.4) is 0 Å². The van der Waals surface area contributed by atoms with Crippen molar-refractivity contribution < 1.29 is 4.79 Å². The lowest BCUT2D eigenvalue weighted by molar-refractivity contribution is 0.0677. The molecule has 0 N–H and O–H groups in total. The van der Waals surface area contributed by atoms with Crippen molar-refractivity contribution in [2.45, 2.75) is 26.7 Å². The smallest absolute Gasteiger partial charge is 0.272 e. The van der Waals surface area contributed by atoms with Gasteiger partial charge in [-0.1, -0.05) is 25.1 Å². The fourth-order valence-corrected chi connectivity index (χ4v) is 3.33. The highest BCUT2D eigenvalue weighted by atomic mass is 16.2. The minimum Gasteiger partial charge on any atom is -0.341 e. The molecule has 4 nitrogen and oxygen atoms in total. The zero-order valence-electron chi connectivity index (χ0n) is 14.5. The Kier molecular flexibility index (Phi) is 5.14. The Morgan fingerprint density at radius 2 is 2.00 bits per heavy atom. The quantitative estimate of drug-likeness (QED) is 0.849. The number of likely N-dealkylation sites (tertiary alicyclic amines) is 1. The number of carbonyl (C=O) groups excluding carboxylic acids is 1. The van der Waals surface area contributed by atoms with Gasteiger partial charge in [0, 0.05) is 25.3 Å². The summed E-state index contributed by atoms with van der Waals surface area (Å²) in [4.78, 5) is 21.2. The summed E-state index contributed by atoms with van der Waals surface area (Å²) < 4.78 is 0. The molecule has 4 heteroatoms. The van der Waals surface area contributed by atoms with Gasteiger partial charge in [-0.15, -0.1) is 0 Å². The highest BCUT2D eigenvalue weighted by Gasteiger charge is 2.23. The third kappa shape index (κ3) is 3.58. The second-order valence-corrected chi connectivity index (χ2v) is 6.48. The van der Waals surface area contributed by atoms with Crippen LogP contribution in [0.25, 0.3) is 0 Å². The van der Waals surface area contributed by atoms with Gasteiger partial charge in [-0.3, -0.25) is 4.79 Å². The minimum absolute atomic E-state index is 0.0517. The molecule has 1 aliphatic heterocycles. The second-order valence-electron chi connectivity index (χ2n) is 6.48. The average Bonchev–Trinajstić information content (AvgIpc) is 2.63. The molecule has 126 valence electrons. The maximum Gasteiger partial charge on any atom is 0.272 e. The second kappa shape index (κ2) is 7.47. The van der Waals surface area contributed by atoms with E-state index in [-0.39, 0.29) is 5.91 Å². The van der Waals surface area contributed by atoms with Gasteiger partial charge in [-0.05, 0) is 49.9 Å². The Morgan fingerprint density at radius 3 is 2.62 bits per heavy atom. The normalized spacial score (nSPS) is 17.6. The van der Waals surface area contributed by atoms with Crippen molar-refractivity contribution in [1.29, 1.82) is 0 Å². The first-order chi connectivity index (χ1) is 11.7. The van der Waals surface area contributed by atoms with Gasteiger partial charge in [-0.25, -0.2) is 4.98 Å². The van der Waals surface area contributed by atoms with E-state index in [4.69, 9.17) is 0 Å². The van der Waals surface area contributed by atoms with Crippen molar-refractivity contribution in [2.24, 2.45) is 5.92 Å². The first kappa shape index (κ1) is 16.5. The molecule has 0 bridgehead atoms. The first-order valence-electron chi connectivity index (χ1n) is 8.77. The molecule has 3 rings (SSSR count). The zero-order valence-corrected chi connectivity index (χ0v) is 14.5. The van der Waals surface area contributed by atoms with Crippen LogP contribution in [0.4, 0.5) is 11.4 Å². The Labute approximate surface area is 144 Å². The summed E-state index contributed by atoms with van der Waals surface area (Å²) in [5.41, 5.74) is 2.68. The molecule has 0 saturated carbocycles. The van der Waals surface area contributed by atoms with Gasteiger partial charge in [0.1, 0.15) is 5.69 Å². The number of rotatable bonds is 4. The molecular formula is C20H25N3O. The Balaban J connectivity index is 1.76. The molecule has 1 unspecified atom stereocenters. The van der Waals surface area contributed by atoms with Crippen LogP contribution < -0.4 is 4.90 Å². The maximum atomic E-state index is 12.6. The lowest BCUT2D eigenvalue weighted by Crippen LogP contribution is -2.39. The van der Waals surface area contributed by atoms with E-state index in [9.17, 15) is 4.79 Å². The molecule has 0 radical (unpaired) electrons. The molecule has 1 aromatic carbocycles. The summed E-state index contributed by atoms with van der Waals surface area (Å²) in [6, 6.07) is 14.1. The van der Waals surface area contributed by atoms with Crippen molar-refractivity contribution in [3.05, 3.63) is 54.4 Å². The molecule has 0 spiro atoms. The monoisotopic (exact) mass is 323 g/mol. The topological polar surface area (TPSA) is 36.4 Å². The Bertz CT molecular complexity index is 669. The third-order valence-corrected chi connectivity index (χ3v) is 4.61. The van der Waals surface area contributed by atoms with Crippen molar-refractivity contribution in [1.82, 2.24) is 9.88 Å². The van der Waals surface area contributed by atoms with Gasteiger partial charge >= 0.3 is 0 Å². The van der Waals surface area contributed by atoms with E-state index in [1.54, 1.807) is 6.20 Å².